The summed E-state index contributed by atoms with van der Waals surface area (Å²) in [5.41, 5.74) is 7.25. The Morgan fingerprint density at radius 3 is 2.47 bits per heavy atom. The second kappa shape index (κ2) is 14.7. The van der Waals surface area contributed by atoms with Crippen LogP contribution in [-0.2, 0) is 0 Å². The molecule has 2 aliphatic rings. The van der Waals surface area contributed by atoms with Crippen LogP contribution in [0.3, 0.4) is 0 Å². The summed E-state index contributed by atoms with van der Waals surface area (Å²) in [5, 5.41) is 7.29. The number of rotatable bonds is 11. The molecule has 4 aromatic rings. The van der Waals surface area contributed by atoms with Gasteiger partial charge >= 0.3 is 0 Å². The molecule has 12 heteroatoms. The predicted molar refractivity (Wildman–Crippen MR) is 197 cm³/mol. The summed E-state index contributed by atoms with van der Waals surface area (Å²) in [6, 6.07) is 8.89. The van der Waals surface area contributed by atoms with E-state index in [4.69, 9.17) is 9.72 Å². The second-order valence-electron chi connectivity index (χ2n) is 12.5. The fraction of sp³-hybridized carbons (Fsp3) is 0.429. The molecule has 0 saturated carbocycles. The number of aryl methyl sites for hydroxylation is 1. The number of methoxy groups -OCH3 is 1. The minimum Gasteiger partial charge on any atom is -0.494 e. The summed E-state index contributed by atoms with van der Waals surface area (Å²) >= 11 is 1.62. The van der Waals surface area contributed by atoms with Gasteiger partial charge in [-0.1, -0.05) is 26.5 Å². The Labute approximate surface area is 282 Å². The zero-order valence-corrected chi connectivity index (χ0v) is 28.9. The Balaban J connectivity index is 1.21. The molecule has 47 heavy (non-hydrogen) atoms. The van der Waals surface area contributed by atoms with Gasteiger partial charge in [0.25, 0.3) is 0 Å². The van der Waals surface area contributed by atoms with Gasteiger partial charge in [0.15, 0.2) is 0 Å². The van der Waals surface area contributed by atoms with Crippen LogP contribution in [0.25, 0.3) is 17.1 Å². The molecule has 0 amide bonds. The fourth-order valence-corrected chi connectivity index (χ4v) is 6.87. The number of fused-ring (bicyclic) bond motifs is 1. The number of likely N-dealkylation sites (N-methyl/N-ethyl adjacent to an activating group) is 1. The first-order valence-electron chi connectivity index (χ1n) is 16.4. The number of nitrogens with zero attached hydrogens (tertiary/aromatic N) is 7. The van der Waals surface area contributed by atoms with Gasteiger partial charge in [0.05, 0.1) is 29.7 Å². The van der Waals surface area contributed by atoms with Gasteiger partial charge in [-0.3, -0.25) is 14.9 Å². The van der Waals surface area contributed by atoms with Crippen LogP contribution in [0, 0.1) is 6.92 Å². The van der Waals surface area contributed by atoms with E-state index >= 15 is 0 Å². The molecule has 2 fully saturated rings. The lowest BCUT2D eigenvalue weighted by molar-refractivity contribution is 0.0982. The topological polar surface area (TPSA) is 107 Å². The summed E-state index contributed by atoms with van der Waals surface area (Å²) in [4.78, 5) is 26.2. The van der Waals surface area contributed by atoms with Crippen molar-refractivity contribution in [3.8, 4) is 5.75 Å². The number of ether oxygens (including phenoxy) is 1. The van der Waals surface area contributed by atoms with Gasteiger partial charge < -0.3 is 29.9 Å². The monoisotopic (exact) mass is 654 g/mol. The van der Waals surface area contributed by atoms with Gasteiger partial charge in [-0.15, -0.1) is 0 Å². The number of benzene rings is 2. The van der Waals surface area contributed by atoms with Gasteiger partial charge in [-0.2, -0.15) is 4.98 Å². The molecule has 0 unspecified atom stereocenters. The van der Waals surface area contributed by atoms with E-state index in [1.165, 1.54) is 37.2 Å². The third-order valence-electron chi connectivity index (χ3n) is 8.95. The quantitative estimate of drug-likeness (QED) is 0.153. The highest BCUT2D eigenvalue weighted by Crippen LogP contribution is 2.38. The van der Waals surface area contributed by atoms with Crippen molar-refractivity contribution in [2.45, 2.75) is 44.9 Å². The number of anilines is 6. The van der Waals surface area contributed by atoms with E-state index in [0.29, 0.717) is 23.1 Å². The first-order chi connectivity index (χ1) is 22.8. The lowest BCUT2D eigenvalue weighted by Crippen LogP contribution is -2.52. The minimum atomic E-state index is 0.368. The van der Waals surface area contributed by atoms with Gasteiger partial charge in [-0.25, -0.2) is 4.98 Å². The smallest absolute Gasteiger partial charge is 0.229 e. The summed E-state index contributed by atoms with van der Waals surface area (Å²) in [5.74, 6) is 1.82. The van der Waals surface area contributed by atoms with Crippen molar-refractivity contribution in [1.82, 2.24) is 29.7 Å². The molecule has 0 aliphatic carbocycles. The molecule has 6 rings (SSSR count). The molecule has 0 radical (unpaired) electrons. The van der Waals surface area contributed by atoms with E-state index in [-0.39, 0.29) is 0 Å². The van der Waals surface area contributed by atoms with Crippen LogP contribution in [0.5, 0.6) is 5.75 Å². The molecule has 11 nitrogen and oxygen atoms in total. The van der Waals surface area contributed by atoms with Gasteiger partial charge in [0, 0.05) is 86.5 Å². The van der Waals surface area contributed by atoms with Gasteiger partial charge in [-0.05, 0) is 62.5 Å². The lowest BCUT2D eigenvalue weighted by Gasteiger charge is -2.43. The van der Waals surface area contributed by atoms with Crippen molar-refractivity contribution in [3.63, 3.8) is 0 Å². The molecule has 3 N–H and O–H groups in total. The normalized spacial score (nSPS) is 16.4. The summed E-state index contributed by atoms with van der Waals surface area (Å²) in [6.07, 6.45) is 9.28. The van der Waals surface area contributed by atoms with Crippen molar-refractivity contribution >= 4 is 63.6 Å². The van der Waals surface area contributed by atoms with Crippen molar-refractivity contribution in [3.05, 3.63) is 60.6 Å². The molecular formula is C35H46N10OS. The van der Waals surface area contributed by atoms with Crippen LogP contribution in [0.4, 0.5) is 34.5 Å². The molecule has 4 heterocycles. The van der Waals surface area contributed by atoms with E-state index in [9.17, 15) is 0 Å². The standard InChI is InChI=1S/C35H46N10OS/c1-7-25-22-38-35(41-34(25)39-28-9-8-27-32(37-13-12-36-27)33(28)42-47-23(2)3)40-29-20-24(4)30(21-31(29)46-6)45-14-10-26(11-15-45)44-18-16-43(5)17-19-44/h7-9,12-13,20-23,26,42H,1,10-11,14-19H2,2-6H3,(H2,38,39,40,41). The van der Waals surface area contributed by atoms with Crippen LogP contribution >= 0.6 is 11.9 Å². The molecule has 0 spiro atoms. The number of hydrogen-bond acceptors (Lipinski definition) is 12. The average Bonchev–Trinajstić information content (AvgIpc) is 3.08. The molecule has 2 aromatic carbocycles. The lowest BCUT2D eigenvalue weighted by atomic mass is 10.0. The molecule has 2 aliphatic heterocycles. The Morgan fingerprint density at radius 2 is 1.74 bits per heavy atom. The number of piperidine rings is 1. The van der Waals surface area contributed by atoms with E-state index in [1.807, 2.05) is 12.1 Å². The van der Waals surface area contributed by atoms with Gasteiger partial charge in [0.2, 0.25) is 5.95 Å². The van der Waals surface area contributed by atoms with Gasteiger partial charge in [0.1, 0.15) is 17.1 Å². The van der Waals surface area contributed by atoms with Crippen LogP contribution < -0.4 is 25.0 Å². The SMILES string of the molecule is C=Cc1cnc(Nc2cc(C)c(N3CCC(N4CCN(C)CC4)CC3)cc2OC)nc1Nc1ccc2nccnc2c1NSC(C)C. The highest BCUT2D eigenvalue weighted by Gasteiger charge is 2.28. The van der Waals surface area contributed by atoms with E-state index in [0.717, 1.165) is 65.6 Å². The Hall–Kier alpha value is -4.13. The van der Waals surface area contributed by atoms with E-state index < -0.39 is 0 Å². The zero-order chi connectivity index (χ0) is 32.9. The minimum absolute atomic E-state index is 0.368. The summed E-state index contributed by atoms with van der Waals surface area (Å²) in [6.45, 7) is 17.2. The Kier molecular flexibility index (Phi) is 10.3. The maximum atomic E-state index is 5.89. The number of nitrogens with one attached hydrogen (secondary N) is 3. The number of piperazine rings is 1. The molecule has 248 valence electrons. The largest absolute Gasteiger partial charge is 0.494 e. The molecule has 0 atom stereocenters. The van der Waals surface area contributed by atoms with Crippen LogP contribution in [0.2, 0.25) is 0 Å². The van der Waals surface area contributed by atoms with Crippen molar-refractivity contribution < 1.29 is 4.74 Å². The molecule has 2 aromatic heterocycles. The molecule has 2 saturated heterocycles. The molecular weight excluding hydrogens is 609 g/mol. The van der Waals surface area contributed by atoms with E-state index in [2.05, 4.69) is 91.5 Å². The maximum Gasteiger partial charge on any atom is 0.229 e. The second-order valence-corrected chi connectivity index (χ2v) is 13.9. The third kappa shape index (κ3) is 7.55. The summed E-state index contributed by atoms with van der Waals surface area (Å²) < 4.78 is 9.38. The Bertz CT molecular complexity index is 1700. The highest BCUT2D eigenvalue weighted by atomic mass is 32.2. The maximum absolute atomic E-state index is 5.89. The average molecular weight is 655 g/mol. The van der Waals surface area contributed by atoms with Crippen molar-refractivity contribution in [2.75, 3.05) is 73.7 Å². The summed E-state index contributed by atoms with van der Waals surface area (Å²) in [7, 11) is 3.93. The third-order valence-corrected chi connectivity index (χ3v) is 9.74. The van der Waals surface area contributed by atoms with Crippen molar-refractivity contribution in [2.24, 2.45) is 0 Å². The highest BCUT2D eigenvalue weighted by molar-refractivity contribution is 8.01. The predicted octanol–water partition coefficient (Wildman–Crippen LogP) is 6.55. The number of aromatic nitrogens is 4. The zero-order valence-electron chi connectivity index (χ0n) is 28.1. The Morgan fingerprint density at radius 1 is 0.979 bits per heavy atom. The van der Waals surface area contributed by atoms with Crippen LogP contribution in [0.1, 0.15) is 37.8 Å². The first-order valence-corrected chi connectivity index (χ1v) is 17.3. The van der Waals surface area contributed by atoms with E-state index in [1.54, 1.807) is 43.7 Å². The van der Waals surface area contributed by atoms with Crippen LogP contribution in [0.15, 0.2) is 49.4 Å². The van der Waals surface area contributed by atoms with Crippen LogP contribution in [-0.4, -0.2) is 94.5 Å². The fourth-order valence-electron chi connectivity index (χ4n) is 6.31. The molecule has 0 bridgehead atoms. The van der Waals surface area contributed by atoms with Crippen molar-refractivity contribution in [1.29, 1.82) is 0 Å². The number of hydrogen-bond donors (Lipinski definition) is 3. The first kappa shape index (κ1) is 32.8.